The average Bonchev–Trinajstić information content (AvgIpc) is 3.14. The van der Waals surface area contributed by atoms with Crippen LogP contribution in [0.1, 0.15) is 30.5 Å². The first kappa shape index (κ1) is 21.7. The van der Waals surface area contributed by atoms with Gasteiger partial charge in [-0.05, 0) is 42.8 Å². The van der Waals surface area contributed by atoms with Crippen molar-refractivity contribution in [3.63, 3.8) is 0 Å². The molecule has 2 unspecified atom stereocenters. The van der Waals surface area contributed by atoms with E-state index in [0.717, 1.165) is 17.7 Å². The van der Waals surface area contributed by atoms with Crippen LogP contribution in [0.3, 0.4) is 0 Å². The van der Waals surface area contributed by atoms with Gasteiger partial charge in [-0.15, -0.1) is 0 Å². The molecule has 2 N–H and O–H groups in total. The largest absolute Gasteiger partial charge is 0.482 e. The number of fused-ring (bicyclic) bond motifs is 1. The summed E-state index contributed by atoms with van der Waals surface area (Å²) in [6.07, 6.45) is -4.62. The van der Waals surface area contributed by atoms with Crippen molar-refractivity contribution >= 4 is 29.1 Å². The van der Waals surface area contributed by atoms with Gasteiger partial charge in [0.25, 0.3) is 5.91 Å². The number of hydrogen-bond acceptors (Lipinski definition) is 4. The lowest BCUT2D eigenvalue weighted by molar-refractivity contribution is -0.137. The minimum absolute atomic E-state index is 0.00716. The molecule has 0 spiro atoms. The quantitative estimate of drug-likeness (QED) is 0.753. The Morgan fingerprint density at radius 3 is 2.75 bits per heavy atom. The topological polar surface area (TPSA) is 87.7 Å². The maximum atomic E-state index is 13.0. The molecule has 7 nitrogen and oxygen atoms in total. The van der Waals surface area contributed by atoms with E-state index in [1.807, 2.05) is 0 Å². The average molecular weight is 447 g/mol. The van der Waals surface area contributed by atoms with Crippen LogP contribution in [0.5, 0.6) is 5.75 Å². The van der Waals surface area contributed by atoms with E-state index in [-0.39, 0.29) is 37.1 Å². The van der Waals surface area contributed by atoms with Crippen LogP contribution in [0.15, 0.2) is 42.5 Å². The van der Waals surface area contributed by atoms with Crippen LogP contribution >= 0.6 is 0 Å². The second-order valence-electron chi connectivity index (χ2n) is 7.78. The fourth-order valence-corrected chi connectivity index (χ4v) is 3.77. The summed E-state index contributed by atoms with van der Waals surface area (Å²) in [4.78, 5) is 37.9. The highest BCUT2D eigenvalue weighted by Gasteiger charge is 2.37. The Kier molecular flexibility index (Phi) is 5.53. The van der Waals surface area contributed by atoms with Gasteiger partial charge in [0, 0.05) is 18.7 Å². The molecule has 0 saturated carbocycles. The number of amides is 3. The third-order valence-electron chi connectivity index (χ3n) is 5.48. The van der Waals surface area contributed by atoms with Crippen molar-refractivity contribution in [3.8, 4) is 5.75 Å². The normalized spacial score (nSPS) is 19.1. The first-order chi connectivity index (χ1) is 15.1. The molecule has 32 heavy (non-hydrogen) atoms. The summed E-state index contributed by atoms with van der Waals surface area (Å²) in [7, 11) is 0. The summed E-state index contributed by atoms with van der Waals surface area (Å²) >= 11 is 0. The lowest BCUT2D eigenvalue weighted by Crippen LogP contribution is -2.34. The third kappa shape index (κ3) is 4.39. The molecule has 2 aromatic rings. The first-order valence-electron chi connectivity index (χ1n) is 9.96. The van der Waals surface area contributed by atoms with Crippen LogP contribution in [0.4, 0.5) is 24.5 Å². The minimum atomic E-state index is -4.52. The Balaban J connectivity index is 1.43. The summed E-state index contributed by atoms with van der Waals surface area (Å²) in [5.41, 5.74) is 0.486. The van der Waals surface area contributed by atoms with Crippen molar-refractivity contribution in [2.75, 3.05) is 23.4 Å². The van der Waals surface area contributed by atoms with Crippen LogP contribution < -0.4 is 20.3 Å². The molecule has 2 heterocycles. The SMILES string of the molecule is CC(NC(=O)C1CC(=O)N(c2cccc(C(F)(F)F)c2)C1)c1ccc2c(c1)NC(=O)CO2. The standard InChI is InChI=1S/C22H20F3N3O4/c1-12(13-5-6-18-17(7-13)27-19(29)11-32-18)26-21(31)14-8-20(30)28(10-14)16-4-2-3-15(9-16)22(23,24)25/h2-7,9,12,14H,8,10-11H2,1H3,(H,26,31)(H,27,29). The molecule has 10 heteroatoms. The maximum absolute atomic E-state index is 13.0. The Morgan fingerprint density at radius 1 is 1.22 bits per heavy atom. The summed E-state index contributed by atoms with van der Waals surface area (Å²) in [5, 5.41) is 5.53. The van der Waals surface area contributed by atoms with Crippen LogP contribution in [0.25, 0.3) is 0 Å². The number of anilines is 2. The molecule has 4 rings (SSSR count). The molecule has 0 aromatic heterocycles. The number of carbonyl (C=O) groups is 3. The zero-order chi connectivity index (χ0) is 23.0. The Bertz CT molecular complexity index is 1090. The maximum Gasteiger partial charge on any atom is 0.416 e. The number of nitrogens with zero attached hydrogens (tertiary/aromatic N) is 1. The van der Waals surface area contributed by atoms with Crippen molar-refractivity contribution in [3.05, 3.63) is 53.6 Å². The van der Waals surface area contributed by atoms with Gasteiger partial charge in [0.15, 0.2) is 6.61 Å². The lowest BCUT2D eigenvalue weighted by atomic mass is 10.0. The Hall–Kier alpha value is -3.56. The van der Waals surface area contributed by atoms with Crippen molar-refractivity contribution in [1.82, 2.24) is 5.32 Å². The second kappa shape index (κ2) is 8.18. The van der Waals surface area contributed by atoms with E-state index < -0.39 is 29.6 Å². The molecule has 1 saturated heterocycles. The van der Waals surface area contributed by atoms with E-state index in [0.29, 0.717) is 11.4 Å². The fourth-order valence-electron chi connectivity index (χ4n) is 3.77. The first-order valence-corrected chi connectivity index (χ1v) is 9.96. The number of benzene rings is 2. The third-order valence-corrected chi connectivity index (χ3v) is 5.48. The van der Waals surface area contributed by atoms with Crippen LogP contribution in [0, 0.1) is 5.92 Å². The van der Waals surface area contributed by atoms with Crippen LogP contribution in [-0.4, -0.2) is 30.9 Å². The highest BCUT2D eigenvalue weighted by molar-refractivity contribution is 6.00. The number of rotatable bonds is 4. The van der Waals surface area contributed by atoms with E-state index in [9.17, 15) is 27.6 Å². The molecule has 2 aliphatic heterocycles. The summed E-state index contributed by atoms with van der Waals surface area (Å²) in [6.45, 7) is 1.69. The molecule has 2 aliphatic rings. The van der Waals surface area contributed by atoms with Crippen molar-refractivity contribution in [2.45, 2.75) is 25.6 Å². The van der Waals surface area contributed by atoms with Crippen molar-refractivity contribution in [2.24, 2.45) is 5.92 Å². The molecular weight excluding hydrogens is 427 g/mol. The molecule has 2 aromatic carbocycles. The minimum Gasteiger partial charge on any atom is -0.482 e. The van der Waals surface area contributed by atoms with Gasteiger partial charge >= 0.3 is 6.18 Å². The smallest absolute Gasteiger partial charge is 0.416 e. The molecular formula is C22H20F3N3O4. The van der Waals surface area contributed by atoms with Crippen molar-refractivity contribution < 1.29 is 32.3 Å². The number of nitrogens with one attached hydrogen (secondary N) is 2. The zero-order valence-electron chi connectivity index (χ0n) is 17.0. The molecule has 2 atom stereocenters. The lowest BCUT2D eigenvalue weighted by Gasteiger charge is -2.22. The van der Waals surface area contributed by atoms with E-state index in [1.165, 1.54) is 17.0 Å². The van der Waals surface area contributed by atoms with Gasteiger partial charge in [-0.3, -0.25) is 14.4 Å². The number of ether oxygens (including phenoxy) is 1. The van der Waals surface area contributed by atoms with E-state index in [1.54, 1.807) is 25.1 Å². The predicted molar refractivity (Wildman–Crippen MR) is 109 cm³/mol. The van der Waals surface area contributed by atoms with Gasteiger partial charge in [-0.1, -0.05) is 12.1 Å². The molecule has 0 bridgehead atoms. The highest BCUT2D eigenvalue weighted by atomic mass is 19.4. The Morgan fingerprint density at radius 2 is 2.00 bits per heavy atom. The fraction of sp³-hybridized carbons (Fsp3) is 0.318. The van der Waals surface area contributed by atoms with Gasteiger partial charge in [0.05, 0.1) is 23.2 Å². The molecule has 1 fully saturated rings. The number of alkyl halides is 3. The van der Waals surface area contributed by atoms with Crippen molar-refractivity contribution in [1.29, 1.82) is 0 Å². The molecule has 0 radical (unpaired) electrons. The van der Waals surface area contributed by atoms with Gasteiger partial charge in [0.2, 0.25) is 11.8 Å². The summed E-state index contributed by atoms with van der Waals surface area (Å²) in [6, 6.07) is 9.22. The predicted octanol–water partition coefficient (Wildman–Crippen LogP) is 3.27. The van der Waals surface area contributed by atoms with Gasteiger partial charge in [-0.25, -0.2) is 0 Å². The monoisotopic (exact) mass is 447 g/mol. The van der Waals surface area contributed by atoms with E-state index >= 15 is 0 Å². The zero-order valence-corrected chi connectivity index (χ0v) is 17.0. The molecule has 3 amide bonds. The second-order valence-corrected chi connectivity index (χ2v) is 7.78. The summed E-state index contributed by atoms with van der Waals surface area (Å²) < 4.78 is 44.3. The van der Waals surface area contributed by atoms with E-state index in [2.05, 4.69) is 10.6 Å². The summed E-state index contributed by atoms with van der Waals surface area (Å²) in [5.74, 6) is -1.22. The number of carbonyl (C=O) groups excluding carboxylic acids is 3. The number of hydrogen-bond donors (Lipinski definition) is 2. The highest BCUT2D eigenvalue weighted by Crippen LogP contribution is 2.34. The Labute approximate surface area is 181 Å². The van der Waals surface area contributed by atoms with Crippen LogP contribution in [0.2, 0.25) is 0 Å². The number of halogens is 3. The van der Waals surface area contributed by atoms with Crippen LogP contribution in [-0.2, 0) is 20.6 Å². The van der Waals surface area contributed by atoms with Gasteiger partial charge in [-0.2, -0.15) is 13.2 Å². The van der Waals surface area contributed by atoms with Gasteiger partial charge in [0.1, 0.15) is 5.75 Å². The molecule has 168 valence electrons. The molecule has 0 aliphatic carbocycles. The van der Waals surface area contributed by atoms with E-state index in [4.69, 9.17) is 4.74 Å². The van der Waals surface area contributed by atoms with Gasteiger partial charge < -0.3 is 20.3 Å².